The minimum absolute atomic E-state index is 0.180. The lowest BCUT2D eigenvalue weighted by molar-refractivity contribution is -0.147. The number of hydrogen-bond donors (Lipinski definition) is 0. The highest BCUT2D eigenvalue weighted by atomic mass is 16.7. The zero-order valence-electron chi connectivity index (χ0n) is 16.5. The molecule has 1 unspecified atom stereocenters. The van der Waals surface area contributed by atoms with Crippen LogP contribution in [-0.2, 0) is 9.53 Å². The molecule has 28 heavy (non-hydrogen) atoms. The lowest BCUT2D eigenvalue weighted by Gasteiger charge is -2.35. The van der Waals surface area contributed by atoms with E-state index < -0.39 is 5.79 Å². The molecule has 0 bridgehead atoms. The van der Waals surface area contributed by atoms with Crippen molar-refractivity contribution in [2.24, 2.45) is 0 Å². The maximum atomic E-state index is 13.0. The van der Waals surface area contributed by atoms with Crippen LogP contribution in [-0.4, -0.2) is 32.4 Å². The Bertz CT molecular complexity index is 911. The van der Waals surface area contributed by atoms with Crippen molar-refractivity contribution in [3.05, 3.63) is 65.2 Å². The topological polar surface area (TPSA) is 54.0 Å². The molecule has 0 saturated heterocycles. The molecular weight excluding hydrogens is 356 g/mol. The summed E-state index contributed by atoms with van der Waals surface area (Å²) in [5.74, 6) is 0.552. The smallest absolute Gasteiger partial charge is 0.238 e. The summed E-state index contributed by atoms with van der Waals surface area (Å²) in [6, 6.07) is 13.0. The molecule has 1 heterocycles. The molecule has 1 aliphatic rings. The zero-order valence-corrected chi connectivity index (χ0v) is 16.5. The lowest BCUT2D eigenvalue weighted by Crippen LogP contribution is -2.42. The molecule has 1 atom stereocenters. The molecule has 5 heteroatoms. The molecule has 1 aliphatic heterocycles. The molecule has 0 spiro atoms. The molecule has 0 amide bonds. The van der Waals surface area contributed by atoms with E-state index in [4.69, 9.17) is 18.9 Å². The van der Waals surface area contributed by atoms with Crippen molar-refractivity contribution < 1.29 is 23.7 Å². The third-order valence-electron chi connectivity index (χ3n) is 4.54. The first-order valence-corrected chi connectivity index (χ1v) is 9.09. The van der Waals surface area contributed by atoms with Crippen LogP contribution in [0, 0.1) is 0 Å². The fraction of sp³-hybridized carbons (Fsp3) is 0.261. The van der Waals surface area contributed by atoms with Gasteiger partial charge < -0.3 is 18.9 Å². The molecule has 0 fully saturated rings. The van der Waals surface area contributed by atoms with Crippen molar-refractivity contribution in [2.45, 2.75) is 19.6 Å². The van der Waals surface area contributed by atoms with Gasteiger partial charge in [-0.05, 0) is 42.8 Å². The predicted octanol–water partition coefficient (Wildman–Crippen LogP) is 4.51. The number of benzene rings is 2. The van der Waals surface area contributed by atoms with E-state index in [1.807, 2.05) is 49.4 Å². The van der Waals surface area contributed by atoms with E-state index in [2.05, 4.69) is 0 Å². The molecule has 0 saturated carbocycles. The van der Waals surface area contributed by atoms with E-state index in [9.17, 15) is 4.79 Å². The van der Waals surface area contributed by atoms with E-state index in [1.165, 1.54) is 6.08 Å². The van der Waals surface area contributed by atoms with Gasteiger partial charge in [-0.2, -0.15) is 0 Å². The van der Waals surface area contributed by atoms with E-state index >= 15 is 0 Å². The van der Waals surface area contributed by atoms with Gasteiger partial charge in [0.15, 0.2) is 17.3 Å². The number of para-hydroxylation sites is 1. The predicted molar refractivity (Wildman–Crippen MR) is 109 cm³/mol. The van der Waals surface area contributed by atoms with Crippen LogP contribution in [0.2, 0.25) is 0 Å². The molecule has 3 rings (SSSR count). The molecule has 0 aliphatic carbocycles. The summed E-state index contributed by atoms with van der Waals surface area (Å²) >= 11 is 0. The normalized spacial score (nSPS) is 18.2. The fourth-order valence-corrected chi connectivity index (χ4v) is 3.11. The largest absolute Gasteiger partial charge is 0.497 e. The van der Waals surface area contributed by atoms with E-state index in [0.717, 1.165) is 16.9 Å². The SMILES string of the molecule is CCOC1(C)Oc2c(cccc2OC)C=C1C(=O)/C=C/c1ccc(OC)cc1. The number of carbonyl (C=O) groups excluding carboxylic acids is 1. The van der Waals surface area contributed by atoms with Crippen molar-refractivity contribution in [3.63, 3.8) is 0 Å². The summed E-state index contributed by atoms with van der Waals surface area (Å²) in [4.78, 5) is 13.0. The quantitative estimate of drug-likeness (QED) is 0.661. The summed E-state index contributed by atoms with van der Waals surface area (Å²) in [5, 5.41) is 0. The van der Waals surface area contributed by atoms with Crippen LogP contribution in [0.1, 0.15) is 25.0 Å². The number of ether oxygens (including phenoxy) is 4. The Morgan fingerprint density at radius 2 is 1.86 bits per heavy atom. The zero-order chi connectivity index (χ0) is 20.1. The van der Waals surface area contributed by atoms with Crippen molar-refractivity contribution in [2.75, 3.05) is 20.8 Å². The molecule has 0 N–H and O–H groups in total. The van der Waals surface area contributed by atoms with Gasteiger partial charge in [-0.15, -0.1) is 0 Å². The van der Waals surface area contributed by atoms with Gasteiger partial charge >= 0.3 is 0 Å². The second-order valence-corrected chi connectivity index (χ2v) is 6.39. The Morgan fingerprint density at radius 3 is 2.50 bits per heavy atom. The Morgan fingerprint density at radius 1 is 1.11 bits per heavy atom. The first-order valence-electron chi connectivity index (χ1n) is 9.09. The number of rotatable bonds is 7. The standard InChI is InChI=1S/C23H24O5/c1-5-27-23(2)19(15-17-7-6-8-21(26-4)22(17)28-23)20(24)14-11-16-9-12-18(25-3)13-10-16/h6-15H,5H2,1-4H3/b14-11+. The van der Waals surface area contributed by atoms with Gasteiger partial charge in [-0.25, -0.2) is 0 Å². The monoisotopic (exact) mass is 380 g/mol. The summed E-state index contributed by atoms with van der Waals surface area (Å²) in [6.45, 7) is 4.01. The molecule has 2 aromatic rings. The number of ketones is 1. The van der Waals surface area contributed by atoms with Crippen LogP contribution < -0.4 is 14.2 Å². The van der Waals surface area contributed by atoms with Crippen molar-refractivity contribution in [3.8, 4) is 17.2 Å². The van der Waals surface area contributed by atoms with Crippen LogP contribution in [0.3, 0.4) is 0 Å². The van der Waals surface area contributed by atoms with Crippen LogP contribution in [0.4, 0.5) is 0 Å². The first-order chi connectivity index (χ1) is 13.5. The average Bonchev–Trinajstić information content (AvgIpc) is 2.71. The second-order valence-electron chi connectivity index (χ2n) is 6.39. The van der Waals surface area contributed by atoms with Gasteiger partial charge in [0.25, 0.3) is 0 Å². The van der Waals surface area contributed by atoms with E-state index in [1.54, 1.807) is 33.3 Å². The van der Waals surface area contributed by atoms with Crippen LogP contribution in [0.25, 0.3) is 12.2 Å². The number of fused-ring (bicyclic) bond motifs is 1. The van der Waals surface area contributed by atoms with Crippen molar-refractivity contribution in [1.82, 2.24) is 0 Å². The van der Waals surface area contributed by atoms with Crippen molar-refractivity contribution in [1.29, 1.82) is 0 Å². The van der Waals surface area contributed by atoms with Gasteiger partial charge in [0.05, 0.1) is 19.8 Å². The van der Waals surface area contributed by atoms with Gasteiger partial charge in [-0.3, -0.25) is 4.79 Å². The number of carbonyl (C=O) groups is 1. The highest BCUT2D eigenvalue weighted by molar-refractivity contribution is 6.11. The Labute approximate surface area is 165 Å². The lowest BCUT2D eigenvalue weighted by atomic mass is 9.95. The number of hydrogen-bond acceptors (Lipinski definition) is 5. The third kappa shape index (κ3) is 3.94. The minimum Gasteiger partial charge on any atom is -0.497 e. The van der Waals surface area contributed by atoms with Gasteiger partial charge in [0.2, 0.25) is 5.79 Å². The highest BCUT2D eigenvalue weighted by Gasteiger charge is 2.40. The minimum atomic E-state index is -1.20. The van der Waals surface area contributed by atoms with E-state index in [0.29, 0.717) is 23.7 Å². The Balaban J connectivity index is 1.94. The van der Waals surface area contributed by atoms with Crippen molar-refractivity contribution >= 4 is 17.9 Å². The number of allylic oxidation sites excluding steroid dienone is 1. The molecule has 2 aromatic carbocycles. The van der Waals surface area contributed by atoms with Gasteiger partial charge in [-0.1, -0.05) is 30.3 Å². The third-order valence-corrected chi connectivity index (χ3v) is 4.54. The first kappa shape index (κ1) is 19.7. The Hall–Kier alpha value is -3.05. The van der Waals surface area contributed by atoms with Gasteiger partial charge in [0, 0.05) is 19.1 Å². The van der Waals surface area contributed by atoms with Crippen LogP contribution in [0.15, 0.2) is 54.1 Å². The molecule has 5 nitrogen and oxygen atoms in total. The summed E-state index contributed by atoms with van der Waals surface area (Å²) < 4.78 is 22.5. The maximum Gasteiger partial charge on any atom is 0.238 e. The summed E-state index contributed by atoms with van der Waals surface area (Å²) in [5.41, 5.74) is 2.10. The average molecular weight is 380 g/mol. The molecule has 0 aromatic heterocycles. The number of methoxy groups -OCH3 is 2. The Kier molecular flexibility index (Phi) is 5.85. The van der Waals surface area contributed by atoms with Crippen LogP contribution >= 0.6 is 0 Å². The fourth-order valence-electron chi connectivity index (χ4n) is 3.11. The van der Waals surface area contributed by atoms with E-state index in [-0.39, 0.29) is 5.78 Å². The second kappa shape index (κ2) is 8.31. The molecule has 146 valence electrons. The highest BCUT2D eigenvalue weighted by Crippen LogP contribution is 2.42. The van der Waals surface area contributed by atoms with Gasteiger partial charge in [0.1, 0.15) is 5.75 Å². The summed E-state index contributed by atoms with van der Waals surface area (Å²) in [6.07, 6.45) is 5.09. The summed E-state index contributed by atoms with van der Waals surface area (Å²) in [7, 11) is 3.20. The molecular formula is C23H24O5. The molecule has 0 radical (unpaired) electrons. The maximum absolute atomic E-state index is 13.0. The van der Waals surface area contributed by atoms with Crippen LogP contribution in [0.5, 0.6) is 17.2 Å².